The van der Waals surface area contributed by atoms with Gasteiger partial charge in [-0.15, -0.1) is 10.2 Å². The molecule has 6 nitrogen and oxygen atoms in total. The molecule has 0 fully saturated rings. The third-order valence-corrected chi connectivity index (χ3v) is 5.43. The summed E-state index contributed by atoms with van der Waals surface area (Å²) in [7, 11) is 0. The van der Waals surface area contributed by atoms with E-state index in [4.69, 9.17) is 5.84 Å². The Hall–Kier alpha value is -2.46. The number of thioether (sulfide) groups is 1. The molecule has 0 aliphatic heterocycles. The Bertz CT molecular complexity index is 1010. The number of amides is 1. The first kappa shape index (κ1) is 20.3. The number of anilines is 1. The van der Waals surface area contributed by atoms with Crippen molar-refractivity contribution >= 4 is 39.3 Å². The first-order valence-corrected chi connectivity index (χ1v) is 9.87. The predicted octanol–water partition coefficient (Wildman–Crippen LogP) is 3.74. The van der Waals surface area contributed by atoms with Gasteiger partial charge < -0.3 is 11.2 Å². The molecule has 1 atom stereocenters. The molecule has 0 bridgehead atoms. The molecule has 0 spiro atoms. The topological polar surface area (TPSA) is 85.8 Å². The fourth-order valence-corrected chi connectivity index (χ4v) is 3.48. The van der Waals surface area contributed by atoms with E-state index < -0.39 is 17.0 Å². The second-order valence-corrected chi connectivity index (χ2v) is 8.13. The van der Waals surface area contributed by atoms with Crippen molar-refractivity contribution in [3.63, 3.8) is 0 Å². The molecule has 0 radical (unpaired) electrons. The summed E-state index contributed by atoms with van der Waals surface area (Å²) in [6.07, 6.45) is 0.168. The SMILES string of the molecule is C[C@@H](Sc1nnc(Cc2ccccc2F)n1N)C(=O)Nc1ccc(Br)cc1F. The number of nitrogens with two attached hydrogens (primary N) is 1. The van der Waals surface area contributed by atoms with Crippen molar-refractivity contribution in [1.29, 1.82) is 0 Å². The minimum absolute atomic E-state index is 0.0788. The maximum absolute atomic E-state index is 13.9. The van der Waals surface area contributed by atoms with Gasteiger partial charge in [-0.3, -0.25) is 4.79 Å². The first-order chi connectivity index (χ1) is 13.3. The van der Waals surface area contributed by atoms with Gasteiger partial charge in [-0.05, 0) is 36.8 Å². The van der Waals surface area contributed by atoms with E-state index in [9.17, 15) is 13.6 Å². The van der Waals surface area contributed by atoms with E-state index in [0.717, 1.165) is 11.8 Å². The Labute approximate surface area is 172 Å². The largest absolute Gasteiger partial charge is 0.336 e. The van der Waals surface area contributed by atoms with Crippen LogP contribution in [0.1, 0.15) is 18.3 Å². The van der Waals surface area contributed by atoms with Gasteiger partial charge in [0.1, 0.15) is 11.6 Å². The highest BCUT2D eigenvalue weighted by Gasteiger charge is 2.21. The van der Waals surface area contributed by atoms with Crippen LogP contribution in [0.4, 0.5) is 14.5 Å². The maximum atomic E-state index is 13.9. The van der Waals surface area contributed by atoms with Crippen LogP contribution in [-0.2, 0) is 11.2 Å². The number of hydrogen-bond acceptors (Lipinski definition) is 5. The second-order valence-electron chi connectivity index (χ2n) is 5.91. The standard InChI is InChI=1S/C18H16BrF2N5OS/c1-10(17(27)23-15-7-6-12(19)9-14(15)21)28-18-25-24-16(26(18)22)8-11-4-2-3-5-13(11)20/h2-7,9-10H,8,22H2,1H3,(H,23,27)/t10-/m1/s1. The summed E-state index contributed by atoms with van der Waals surface area (Å²) in [6.45, 7) is 1.64. The van der Waals surface area contributed by atoms with Gasteiger partial charge in [-0.1, -0.05) is 45.9 Å². The van der Waals surface area contributed by atoms with E-state index in [1.54, 1.807) is 31.2 Å². The monoisotopic (exact) mass is 467 g/mol. The highest BCUT2D eigenvalue weighted by Crippen LogP contribution is 2.24. The van der Waals surface area contributed by atoms with Gasteiger partial charge in [0.25, 0.3) is 0 Å². The maximum Gasteiger partial charge on any atom is 0.237 e. The number of benzene rings is 2. The third-order valence-electron chi connectivity index (χ3n) is 3.88. The minimum atomic E-state index is -0.615. The highest BCUT2D eigenvalue weighted by atomic mass is 79.9. The van der Waals surface area contributed by atoms with Crippen molar-refractivity contribution in [2.24, 2.45) is 0 Å². The van der Waals surface area contributed by atoms with Gasteiger partial charge in [-0.2, -0.15) is 0 Å². The second kappa shape index (κ2) is 8.70. The molecule has 28 heavy (non-hydrogen) atoms. The predicted molar refractivity (Wildman–Crippen MR) is 107 cm³/mol. The van der Waals surface area contributed by atoms with Gasteiger partial charge in [0, 0.05) is 10.9 Å². The van der Waals surface area contributed by atoms with Crippen molar-refractivity contribution in [2.75, 3.05) is 11.2 Å². The van der Waals surface area contributed by atoms with Crippen LogP contribution in [-0.4, -0.2) is 26.0 Å². The van der Waals surface area contributed by atoms with Gasteiger partial charge in [0.05, 0.1) is 10.9 Å². The Kier molecular flexibility index (Phi) is 6.30. The zero-order valence-corrected chi connectivity index (χ0v) is 17.1. The van der Waals surface area contributed by atoms with Gasteiger partial charge in [0.15, 0.2) is 5.82 Å². The number of nitrogens with zero attached hydrogens (tertiary/aromatic N) is 3. The molecule has 1 heterocycles. The summed E-state index contributed by atoms with van der Waals surface area (Å²) in [5.41, 5.74) is 0.518. The molecule has 0 saturated heterocycles. The Morgan fingerprint density at radius 2 is 2.00 bits per heavy atom. The van der Waals surface area contributed by atoms with E-state index >= 15 is 0 Å². The number of halogens is 3. The molecule has 3 N–H and O–H groups in total. The van der Waals surface area contributed by atoms with Crippen LogP contribution in [0, 0.1) is 11.6 Å². The highest BCUT2D eigenvalue weighted by molar-refractivity contribution is 9.10. The fourth-order valence-electron chi connectivity index (χ4n) is 2.36. The molecular formula is C18H16BrF2N5OS. The average Bonchev–Trinajstić information content (AvgIpc) is 2.99. The number of rotatable bonds is 6. The van der Waals surface area contributed by atoms with E-state index in [0.29, 0.717) is 21.0 Å². The van der Waals surface area contributed by atoms with Crippen LogP contribution in [0.5, 0.6) is 0 Å². The van der Waals surface area contributed by atoms with Gasteiger partial charge >= 0.3 is 0 Å². The number of nitrogen functional groups attached to an aromatic ring is 1. The van der Waals surface area contributed by atoms with E-state index in [2.05, 4.69) is 31.4 Å². The number of hydrogen-bond donors (Lipinski definition) is 2. The van der Waals surface area contributed by atoms with Gasteiger partial charge in [-0.25, -0.2) is 13.5 Å². The minimum Gasteiger partial charge on any atom is -0.336 e. The van der Waals surface area contributed by atoms with Crippen LogP contribution < -0.4 is 11.2 Å². The molecule has 3 aromatic rings. The lowest BCUT2D eigenvalue weighted by Gasteiger charge is -2.12. The lowest BCUT2D eigenvalue weighted by atomic mass is 10.1. The van der Waals surface area contributed by atoms with Crippen molar-refractivity contribution in [3.8, 4) is 0 Å². The van der Waals surface area contributed by atoms with Crippen LogP contribution in [0.15, 0.2) is 52.1 Å². The summed E-state index contributed by atoms with van der Waals surface area (Å²) in [4.78, 5) is 12.3. The number of carbonyl (C=O) groups excluding carboxylic acids is 1. The van der Waals surface area contributed by atoms with Gasteiger partial charge in [0.2, 0.25) is 11.1 Å². The zero-order valence-electron chi connectivity index (χ0n) is 14.7. The lowest BCUT2D eigenvalue weighted by molar-refractivity contribution is -0.115. The van der Waals surface area contributed by atoms with Crippen LogP contribution >= 0.6 is 27.7 Å². The molecule has 146 valence electrons. The summed E-state index contributed by atoms with van der Waals surface area (Å²) < 4.78 is 29.5. The molecule has 2 aromatic carbocycles. The smallest absolute Gasteiger partial charge is 0.237 e. The summed E-state index contributed by atoms with van der Waals surface area (Å²) in [5.74, 6) is 5.04. The third kappa shape index (κ3) is 4.68. The normalized spacial score (nSPS) is 12.0. The van der Waals surface area contributed by atoms with Crippen LogP contribution in [0.2, 0.25) is 0 Å². The first-order valence-electron chi connectivity index (χ1n) is 8.20. The molecule has 0 aliphatic carbocycles. The molecule has 0 aliphatic rings. The summed E-state index contributed by atoms with van der Waals surface area (Å²) >= 11 is 4.23. The lowest BCUT2D eigenvalue weighted by Crippen LogP contribution is -2.24. The Morgan fingerprint density at radius 3 is 2.71 bits per heavy atom. The Morgan fingerprint density at radius 1 is 1.25 bits per heavy atom. The Balaban J connectivity index is 1.67. The fraction of sp³-hybridized carbons (Fsp3) is 0.167. The van der Waals surface area contributed by atoms with Crippen molar-refractivity contribution in [3.05, 3.63) is 70.0 Å². The quantitative estimate of drug-likeness (QED) is 0.425. The summed E-state index contributed by atoms with van der Waals surface area (Å²) in [6, 6.07) is 10.7. The summed E-state index contributed by atoms with van der Waals surface area (Å²) in [5, 5.41) is 10.2. The van der Waals surface area contributed by atoms with E-state index in [-0.39, 0.29) is 17.9 Å². The molecule has 1 amide bonds. The van der Waals surface area contributed by atoms with Crippen molar-refractivity contribution in [1.82, 2.24) is 14.9 Å². The van der Waals surface area contributed by atoms with Crippen molar-refractivity contribution in [2.45, 2.75) is 23.8 Å². The molecule has 1 aromatic heterocycles. The van der Waals surface area contributed by atoms with Crippen LogP contribution in [0.3, 0.4) is 0 Å². The van der Waals surface area contributed by atoms with E-state index in [1.165, 1.54) is 22.9 Å². The molecule has 3 rings (SSSR count). The van der Waals surface area contributed by atoms with Crippen LogP contribution in [0.25, 0.3) is 0 Å². The molecule has 0 saturated carbocycles. The molecule has 0 unspecified atom stereocenters. The van der Waals surface area contributed by atoms with E-state index in [1.807, 2.05) is 0 Å². The van der Waals surface area contributed by atoms with Crippen molar-refractivity contribution < 1.29 is 13.6 Å². The zero-order chi connectivity index (χ0) is 20.3. The molecule has 10 heteroatoms. The number of nitrogens with one attached hydrogen (secondary N) is 1. The number of carbonyl (C=O) groups is 1. The average molecular weight is 468 g/mol. The molecular weight excluding hydrogens is 452 g/mol. The number of aromatic nitrogens is 3.